The van der Waals surface area contributed by atoms with Gasteiger partial charge in [0.25, 0.3) is 0 Å². The molecule has 0 bridgehead atoms. The summed E-state index contributed by atoms with van der Waals surface area (Å²) in [7, 11) is 0. The average Bonchev–Trinajstić information content (AvgIpc) is 3.49. The van der Waals surface area contributed by atoms with Crippen LogP contribution in [0.4, 0.5) is 0 Å². The van der Waals surface area contributed by atoms with E-state index in [1.807, 2.05) is 24.3 Å². The van der Waals surface area contributed by atoms with E-state index < -0.39 is 0 Å². The lowest BCUT2D eigenvalue weighted by Gasteiger charge is -2.24. The van der Waals surface area contributed by atoms with Crippen LogP contribution in [-0.2, 0) is 0 Å². The lowest BCUT2D eigenvalue weighted by Crippen LogP contribution is -2.36. The van der Waals surface area contributed by atoms with Crippen molar-refractivity contribution in [3.63, 3.8) is 0 Å². The smallest absolute Gasteiger partial charge is 0.128 e. The third-order valence-corrected chi connectivity index (χ3v) is 9.82. The second-order valence-electron chi connectivity index (χ2n) is 12.7. The maximum Gasteiger partial charge on any atom is 0.128 e. The second kappa shape index (κ2) is 13.2. The first-order valence-electron chi connectivity index (χ1n) is 17.0. The number of allylic oxidation sites excluding steroid dienone is 7. The van der Waals surface area contributed by atoms with Crippen LogP contribution in [0.1, 0.15) is 12.5 Å². The summed E-state index contributed by atoms with van der Waals surface area (Å²) in [6, 6.07) is 42.1. The van der Waals surface area contributed by atoms with Crippen LogP contribution in [0.15, 0.2) is 168 Å². The molecule has 0 fully saturated rings. The van der Waals surface area contributed by atoms with E-state index in [2.05, 4.69) is 140 Å². The van der Waals surface area contributed by atoms with Gasteiger partial charge in [0.1, 0.15) is 5.84 Å². The van der Waals surface area contributed by atoms with E-state index in [0.717, 1.165) is 24.5 Å². The number of nitrogens with zero attached hydrogens (tertiary/aromatic N) is 1. The van der Waals surface area contributed by atoms with Gasteiger partial charge in [-0.25, -0.2) is 0 Å². The molecule has 1 atom stereocenters. The molecule has 236 valence electrons. The molecule has 1 unspecified atom stereocenters. The second-order valence-corrected chi connectivity index (χ2v) is 12.7. The Hall–Kier alpha value is -6.06. The molecule has 3 heteroatoms. The highest BCUT2D eigenvalue weighted by molar-refractivity contribution is 6.29. The Kier molecular flexibility index (Phi) is 8.17. The van der Waals surface area contributed by atoms with Gasteiger partial charge in [-0.3, -0.25) is 4.99 Å². The van der Waals surface area contributed by atoms with Gasteiger partial charge in [-0.15, -0.1) is 0 Å². The molecule has 8 rings (SSSR count). The number of fused-ring (bicyclic) bond motifs is 4. The minimum atomic E-state index is 0.338. The SMILES string of the molecule is C\C(=C/C=C/C=C/C=C\C=N)C1CN=C(c2ccc3c4c(cccc24)-c2c-3c(-c3ccccc3)c3ccccc3c2-c2ccccc2)NC1. The van der Waals surface area contributed by atoms with Gasteiger partial charge in [-0.05, 0) is 79.1 Å². The van der Waals surface area contributed by atoms with Gasteiger partial charge in [0.15, 0.2) is 0 Å². The van der Waals surface area contributed by atoms with Crippen molar-refractivity contribution >= 4 is 33.6 Å². The van der Waals surface area contributed by atoms with Crippen LogP contribution in [0.5, 0.6) is 0 Å². The van der Waals surface area contributed by atoms with E-state index in [1.165, 1.54) is 77.8 Å². The number of rotatable bonds is 8. The molecule has 0 saturated heterocycles. The Morgan fingerprint density at radius 2 is 1.14 bits per heavy atom. The van der Waals surface area contributed by atoms with Gasteiger partial charge in [0.2, 0.25) is 0 Å². The molecule has 2 N–H and O–H groups in total. The van der Waals surface area contributed by atoms with Crippen molar-refractivity contribution in [3.8, 4) is 44.5 Å². The van der Waals surface area contributed by atoms with E-state index in [0.29, 0.717) is 5.92 Å². The topological polar surface area (TPSA) is 48.2 Å². The summed E-state index contributed by atoms with van der Waals surface area (Å²) in [6.45, 7) is 3.78. The Balaban J connectivity index is 1.25. The van der Waals surface area contributed by atoms with Crippen LogP contribution < -0.4 is 5.32 Å². The maximum absolute atomic E-state index is 7.06. The fourth-order valence-electron chi connectivity index (χ4n) is 7.50. The highest BCUT2D eigenvalue weighted by Crippen LogP contribution is 2.57. The Morgan fingerprint density at radius 1 is 0.592 bits per heavy atom. The van der Waals surface area contributed by atoms with Crippen molar-refractivity contribution in [1.82, 2.24) is 5.32 Å². The van der Waals surface area contributed by atoms with Crippen molar-refractivity contribution in [2.24, 2.45) is 10.9 Å². The third-order valence-electron chi connectivity index (χ3n) is 9.82. The number of hydrogen-bond acceptors (Lipinski definition) is 3. The van der Waals surface area contributed by atoms with Gasteiger partial charge < -0.3 is 10.7 Å². The molecule has 0 radical (unpaired) electrons. The summed E-state index contributed by atoms with van der Waals surface area (Å²) in [4.78, 5) is 5.13. The average molecular weight is 632 g/mol. The quantitative estimate of drug-likeness (QED) is 0.127. The number of benzene rings is 6. The highest BCUT2D eigenvalue weighted by Gasteiger charge is 2.31. The van der Waals surface area contributed by atoms with Gasteiger partial charge in [-0.1, -0.05) is 157 Å². The number of nitrogens with one attached hydrogen (secondary N) is 2. The molecule has 1 aliphatic heterocycles. The van der Waals surface area contributed by atoms with Crippen LogP contribution in [0.3, 0.4) is 0 Å². The van der Waals surface area contributed by atoms with Crippen LogP contribution in [0.25, 0.3) is 66.1 Å². The van der Waals surface area contributed by atoms with Crippen LogP contribution >= 0.6 is 0 Å². The molecule has 1 aliphatic carbocycles. The summed E-state index contributed by atoms with van der Waals surface area (Å²) in [5.74, 6) is 1.31. The predicted molar refractivity (Wildman–Crippen MR) is 210 cm³/mol. The molecular weight excluding hydrogens is 595 g/mol. The van der Waals surface area contributed by atoms with Crippen LogP contribution in [-0.4, -0.2) is 25.1 Å². The van der Waals surface area contributed by atoms with Crippen molar-refractivity contribution in [2.75, 3.05) is 13.1 Å². The van der Waals surface area contributed by atoms with Gasteiger partial charge >= 0.3 is 0 Å². The molecule has 3 nitrogen and oxygen atoms in total. The monoisotopic (exact) mass is 631 g/mol. The number of aliphatic imine (C=N–C) groups is 1. The molecule has 6 aromatic rings. The maximum atomic E-state index is 7.06. The summed E-state index contributed by atoms with van der Waals surface area (Å²) in [5.41, 5.74) is 12.7. The standard InChI is InChI=1S/C46H37N3/c1-31(17-8-4-2-3-5-15-28-47)34-29-48-46(49-30-34)38-26-27-40-43-37(38)24-16-25-39(43)44-41(32-18-9-6-10-19-32)35-22-13-14-23-36(35)42(45(40)44)33-20-11-7-12-21-33/h2-28,34,47H,29-30H2,1H3,(H,48,49)/b3-2+,8-4+,15-5-,31-17+,47-28?. The minimum Gasteiger partial charge on any atom is -0.369 e. The van der Waals surface area contributed by atoms with Crippen LogP contribution in [0.2, 0.25) is 0 Å². The Morgan fingerprint density at radius 3 is 1.76 bits per heavy atom. The molecule has 2 aliphatic rings. The zero-order valence-electron chi connectivity index (χ0n) is 27.5. The summed E-state index contributed by atoms with van der Waals surface area (Å²) < 4.78 is 0. The highest BCUT2D eigenvalue weighted by atomic mass is 15.0. The molecule has 0 amide bonds. The van der Waals surface area contributed by atoms with Crippen LogP contribution in [0, 0.1) is 11.3 Å². The number of amidine groups is 1. The van der Waals surface area contributed by atoms with E-state index in [4.69, 9.17) is 10.4 Å². The lowest BCUT2D eigenvalue weighted by molar-refractivity contribution is 0.579. The van der Waals surface area contributed by atoms with Crippen molar-refractivity contribution in [2.45, 2.75) is 6.92 Å². The Bertz CT molecular complexity index is 2280. The minimum absolute atomic E-state index is 0.338. The van der Waals surface area contributed by atoms with Gasteiger partial charge in [0, 0.05) is 30.8 Å². The van der Waals surface area contributed by atoms with Gasteiger partial charge in [0.05, 0.1) is 0 Å². The van der Waals surface area contributed by atoms with Gasteiger partial charge in [-0.2, -0.15) is 0 Å². The first-order chi connectivity index (χ1) is 24.2. The first kappa shape index (κ1) is 30.3. The Labute approximate surface area is 287 Å². The molecule has 0 saturated carbocycles. The zero-order valence-corrected chi connectivity index (χ0v) is 27.5. The molecule has 49 heavy (non-hydrogen) atoms. The van der Waals surface area contributed by atoms with E-state index in [-0.39, 0.29) is 0 Å². The first-order valence-corrected chi connectivity index (χ1v) is 17.0. The zero-order chi connectivity index (χ0) is 33.2. The fraction of sp³-hybridized carbons (Fsp3) is 0.0870. The van der Waals surface area contributed by atoms with Crippen molar-refractivity contribution in [1.29, 1.82) is 5.41 Å². The molecule has 0 spiro atoms. The summed E-state index contributed by atoms with van der Waals surface area (Å²) in [5, 5.41) is 15.8. The third kappa shape index (κ3) is 5.44. The number of hydrogen-bond donors (Lipinski definition) is 2. The largest absolute Gasteiger partial charge is 0.369 e. The summed E-state index contributed by atoms with van der Waals surface area (Å²) in [6.07, 6.45) is 15.0. The fourth-order valence-corrected chi connectivity index (χ4v) is 7.50. The molecule has 0 aromatic heterocycles. The van der Waals surface area contributed by atoms with Crippen molar-refractivity contribution < 1.29 is 0 Å². The van der Waals surface area contributed by atoms with E-state index >= 15 is 0 Å². The predicted octanol–water partition coefficient (Wildman–Crippen LogP) is 11.2. The normalized spacial score (nSPS) is 15.7. The van der Waals surface area contributed by atoms with E-state index in [9.17, 15) is 0 Å². The molecular formula is C46H37N3. The molecule has 1 heterocycles. The molecule has 6 aromatic carbocycles. The van der Waals surface area contributed by atoms with Crippen molar-refractivity contribution in [3.05, 3.63) is 169 Å². The van der Waals surface area contributed by atoms with E-state index in [1.54, 1.807) is 6.08 Å². The summed E-state index contributed by atoms with van der Waals surface area (Å²) >= 11 is 0. The lowest BCUT2D eigenvalue weighted by atomic mass is 9.82.